The molecule has 0 aliphatic heterocycles. The summed E-state index contributed by atoms with van der Waals surface area (Å²) in [6, 6.07) is 4.02. The van der Waals surface area contributed by atoms with E-state index in [1.54, 1.807) is 6.07 Å². The molecule has 19 heavy (non-hydrogen) atoms. The Morgan fingerprint density at radius 1 is 1.42 bits per heavy atom. The van der Waals surface area contributed by atoms with E-state index in [4.69, 9.17) is 0 Å². The molecule has 8 heteroatoms. The van der Waals surface area contributed by atoms with Crippen LogP contribution in [0.5, 0.6) is 5.75 Å². The van der Waals surface area contributed by atoms with Crippen LogP contribution >= 0.6 is 0 Å². The number of nitrogens with one attached hydrogen (secondary N) is 1. The summed E-state index contributed by atoms with van der Waals surface area (Å²) in [5.74, 6) is -1.16. The molecule has 2 aromatic rings. The fraction of sp³-hybridized carbons (Fsp3) is 0. The SMILES string of the molecule is O=C(Nc1ncc([N+](=O)[O-])cc1O)c1cccnc1. The van der Waals surface area contributed by atoms with Crippen LogP contribution in [0.4, 0.5) is 11.5 Å². The van der Waals surface area contributed by atoms with Gasteiger partial charge in [-0.2, -0.15) is 0 Å². The first kappa shape index (κ1) is 12.4. The second-order valence-corrected chi connectivity index (χ2v) is 3.51. The van der Waals surface area contributed by atoms with Crippen molar-refractivity contribution in [2.45, 2.75) is 0 Å². The van der Waals surface area contributed by atoms with Gasteiger partial charge in [-0.05, 0) is 12.1 Å². The normalized spacial score (nSPS) is 9.89. The fourth-order valence-corrected chi connectivity index (χ4v) is 1.32. The van der Waals surface area contributed by atoms with Gasteiger partial charge in [0.25, 0.3) is 11.6 Å². The topological polar surface area (TPSA) is 118 Å². The maximum Gasteiger partial charge on any atom is 0.291 e. The molecule has 0 atom stereocenters. The minimum Gasteiger partial charge on any atom is -0.504 e. The highest BCUT2D eigenvalue weighted by atomic mass is 16.6. The Bertz CT molecular complexity index is 630. The number of nitrogens with zero attached hydrogens (tertiary/aromatic N) is 3. The van der Waals surface area contributed by atoms with E-state index in [0.29, 0.717) is 0 Å². The van der Waals surface area contributed by atoms with E-state index in [1.165, 1.54) is 18.5 Å². The summed E-state index contributed by atoms with van der Waals surface area (Å²) >= 11 is 0. The molecule has 2 N–H and O–H groups in total. The number of carbonyl (C=O) groups excluding carboxylic acids is 1. The third-order valence-corrected chi connectivity index (χ3v) is 2.22. The van der Waals surface area contributed by atoms with Crippen molar-refractivity contribution in [3.63, 3.8) is 0 Å². The molecule has 0 fully saturated rings. The molecule has 0 spiro atoms. The van der Waals surface area contributed by atoms with Gasteiger partial charge in [0.15, 0.2) is 11.6 Å². The average molecular weight is 260 g/mol. The van der Waals surface area contributed by atoms with Crippen molar-refractivity contribution in [3.05, 3.63) is 52.5 Å². The average Bonchev–Trinajstić information content (AvgIpc) is 2.41. The van der Waals surface area contributed by atoms with Crippen molar-refractivity contribution < 1.29 is 14.8 Å². The molecule has 0 unspecified atom stereocenters. The monoisotopic (exact) mass is 260 g/mol. The quantitative estimate of drug-likeness (QED) is 0.635. The zero-order chi connectivity index (χ0) is 13.8. The Balaban J connectivity index is 2.20. The summed E-state index contributed by atoms with van der Waals surface area (Å²) < 4.78 is 0. The van der Waals surface area contributed by atoms with Crippen LogP contribution in [0.15, 0.2) is 36.8 Å². The molecular formula is C11H8N4O4. The fourth-order valence-electron chi connectivity index (χ4n) is 1.32. The lowest BCUT2D eigenvalue weighted by Gasteiger charge is -2.05. The van der Waals surface area contributed by atoms with Crippen LogP contribution in [0.2, 0.25) is 0 Å². The van der Waals surface area contributed by atoms with E-state index >= 15 is 0 Å². The van der Waals surface area contributed by atoms with Crippen molar-refractivity contribution in [2.75, 3.05) is 5.32 Å². The van der Waals surface area contributed by atoms with E-state index in [2.05, 4.69) is 15.3 Å². The van der Waals surface area contributed by atoms with Crippen LogP contribution in [0, 0.1) is 10.1 Å². The standard InChI is InChI=1S/C11H8N4O4/c16-9-4-8(15(18)19)6-13-10(9)14-11(17)7-2-1-3-12-5-7/h1-6,16H,(H,13,14,17). The maximum atomic E-state index is 11.7. The molecule has 1 amide bonds. The molecule has 0 aromatic carbocycles. The highest BCUT2D eigenvalue weighted by molar-refractivity contribution is 6.04. The largest absolute Gasteiger partial charge is 0.504 e. The Kier molecular flexibility index (Phi) is 3.33. The highest BCUT2D eigenvalue weighted by Gasteiger charge is 2.14. The zero-order valence-electron chi connectivity index (χ0n) is 9.48. The third-order valence-electron chi connectivity index (χ3n) is 2.22. The summed E-state index contributed by atoms with van der Waals surface area (Å²) in [4.78, 5) is 28.9. The van der Waals surface area contributed by atoms with Gasteiger partial charge in [-0.25, -0.2) is 4.98 Å². The molecule has 96 valence electrons. The Hall–Kier alpha value is -3.03. The molecule has 0 saturated carbocycles. The second kappa shape index (κ2) is 5.08. The lowest BCUT2D eigenvalue weighted by atomic mass is 10.2. The van der Waals surface area contributed by atoms with Crippen molar-refractivity contribution in [2.24, 2.45) is 0 Å². The predicted molar refractivity (Wildman–Crippen MR) is 64.7 cm³/mol. The molecule has 0 radical (unpaired) electrons. The summed E-state index contributed by atoms with van der Waals surface area (Å²) in [5, 5.41) is 22.3. The number of nitro groups is 1. The smallest absolute Gasteiger partial charge is 0.291 e. The van der Waals surface area contributed by atoms with Gasteiger partial charge in [0.2, 0.25) is 0 Å². The number of hydrogen-bond acceptors (Lipinski definition) is 6. The minimum atomic E-state index is -0.695. The van der Waals surface area contributed by atoms with Crippen LogP contribution in [-0.2, 0) is 0 Å². The predicted octanol–water partition coefficient (Wildman–Crippen LogP) is 1.34. The number of hydrogen-bond donors (Lipinski definition) is 2. The first-order chi connectivity index (χ1) is 9.08. The third kappa shape index (κ3) is 2.80. The molecule has 2 heterocycles. The van der Waals surface area contributed by atoms with E-state index in [0.717, 1.165) is 12.3 Å². The highest BCUT2D eigenvalue weighted by Crippen LogP contribution is 2.25. The lowest BCUT2D eigenvalue weighted by Crippen LogP contribution is -2.13. The van der Waals surface area contributed by atoms with Crippen molar-refractivity contribution in [1.29, 1.82) is 0 Å². The summed E-state index contributed by atoms with van der Waals surface area (Å²) in [5.41, 5.74) is -0.0843. The van der Waals surface area contributed by atoms with Gasteiger partial charge < -0.3 is 10.4 Å². The van der Waals surface area contributed by atoms with Crippen LogP contribution in [-0.4, -0.2) is 25.9 Å². The summed E-state index contributed by atoms with van der Waals surface area (Å²) in [7, 11) is 0. The Morgan fingerprint density at radius 2 is 2.21 bits per heavy atom. The number of aromatic hydroxyl groups is 1. The Labute approximate surface area is 106 Å². The molecule has 0 aliphatic carbocycles. The second-order valence-electron chi connectivity index (χ2n) is 3.51. The van der Waals surface area contributed by atoms with Gasteiger partial charge in [0.05, 0.1) is 16.6 Å². The number of anilines is 1. The maximum absolute atomic E-state index is 11.7. The van der Waals surface area contributed by atoms with Gasteiger partial charge in [-0.15, -0.1) is 0 Å². The Morgan fingerprint density at radius 3 is 2.79 bits per heavy atom. The number of amides is 1. The van der Waals surface area contributed by atoms with E-state index in [9.17, 15) is 20.0 Å². The van der Waals surface area contributed by atoms with Crippen LogP contribution < -0.4 is 5.32 Å². The van der Waals surface area contributed by atoms with Crippen LogP contribution in [0.3, 0.4) is 0 Å². The lowest BCUT2D eigenvalue weighted by molar-refractivity contribution is -0.385. The number of pyridine rings is 2. The zero-order valence-corrected chi connectivity index (χ0v) is 9.48. The van der Waals surface area contributed by atoms with E-state index in [-0.39, 0.29) is 17.1 Å². The van der Waals surface area contributed by atoms with Gasteiger partial charge in [-0.1, -0.05) is 0 Å². The van der Waals surface area contributed by atoms with Crippen molar-refractivity contribution >= 4 is 17.4 Å². The van der Waals surface area contributed by atoms with Gasteiger partial charge in [-0.3, -0.25) is 19.9 Å². The van der Waals surface area contributed by atoms with Gasteiger partial charge >= 0.3 is 0 Å². The molecular weight excluding hydrogens is 252 g/mol. The van der Waals surface area contributed by atoms with Crippen LogP contribution in [0.25, 0.3) is 0 Å². The molecule has 0 saturated heterocycles. The minimum absolute atomic E-state index is 0.153. The molecule has 2 aromatic heterocycles. The van der Waals surface area contributed by atoms with Crippen molar-refractivity contribution in [3.8, 4) is 5.75 Å². The van der Waals surface area contributed by atoms with Crippen molar-refractivity contribution in [1.82, 2.24) is 9.97 Å². The molecule has 0 bridgehead atoms. The molecule has 8 nitrogen and oxygen atoms in total. The number of rotatable bonds is 3. The summed E-state index contributed by atoms with van der Waals surface area (Å²) in [6.07, 6.45) is 3.80. The first-order valence-electron chi connectivity index (χ1n) is 5.12. The van der Waals surface area contributed by atoms with Gasteiger partial charge in [0.1, 0.15) is 6.20 Å². The number of carbonyl (C=O) groups is 1. The van der Waals surface area contributed by atoms with E-state index in [1.807, 2.05) is 0 Å². The summed E-state index contributed by atoms with van der Waals surface area (Å²) in [6.45, 7) is 0. The van der Waals surface area contributed by atoms with E-state index < -0.39 is 16.6 Å². The first-order valence-corrected chi connectivity index (χ1v) is 5.12. The molecule has 0 aliphatic rings. The van der Waals surface area contributed by atoms with Crippen LogP contribution in [0.1, 0.15) is 10.4 Å². The molecule has 2 rings (SSSR count). The number of aromatic nitrogens is 2. The van der Waals surface area contributed by atoms with Gasteiger partial charge in [0, 0.05) is 12.4 Å².